The van der Waals surface area contributed by atoms with E-state index in [1.54, 1.807) is 0 Å². The molecule has 0 bridgehead atoms. The number of H-pyrrole nitrogens is 1. The third kappa shape index (κ3) is 10.4. The fraction of sp³-hybridized carbons (Fsp3) is 0.392. The number of hydrogen-bond donors (Lipinski definition) is 9. The van der Waals surface area contributed by atoms with Crippen LogP contribution in [0.4, 0.5) is 16.4 Å². The lowest BCUT2D eigenvalue weighted by Crippen LogP contribution is -2.49. The molecule has 9 rings (SSSR count). The van der Waals surface area contributed by atoms with Crippen molar-refractivity contribution in [1.82, 2.24) is 29.7 Å². The number of rotatable bonds is 15. The van der Waals surface area contributed by atoms with Crippen LogP contribution in [0.15, 0.2) is 65.7 Å². The van der Waals surface area contributed by atoms with Crippen LogP contribution in [-0.2, 0) is 34.5 Å². The Labute approximate surface area is 445 Å². The highest BCUT2D eigenvalue weighted by molar-refractivity contribution is 7.60. The van der Waals surface area contributed by atoms with Gasteiger partial charge in [-0.2, -0.15) is 4.31 Å². The van der Waals surface area contributed by atoms with Crippen LogP contribution in [-0.4, -0.2) is 120 Å². The number of aliphatic hydroxyl groups is 1. The number of nitrogens with two attached hydrogens (primary N) is 1. The number of nitrogens with zero attached hydrogens (tertiary/aromatic N) is 5. The van der Waals surface area contributed by atoms with E-state index in [2.05, 4.69) is 88.1 Å². The lowest BCUT2D eigenvalue weighted by Gasteiger charge is -2.43. The number of carbonyl (C=O) groups is 3. The Morgan fingerprint density at radius 2 is 1.64 bits per heavy atom. The molecule has 27 heteroatoms. The largest absolute Gasteiger partial charge is 0.481 e. The number of nitrogens with one attached hydrogen (secondary N) is 3. The van der Waals surface area contributed by atoms with E-state index in [9.17, 15) is 43.4 Å². The van der Waals surface area contributed by atoms with Gasteiger partial charge in [-0.05, 0) is 94.7 Å². The monoisotopic (exact) mass is 1120 g/mol. The van der Waals surface area contributed by atoms with Crippen molar-refractivity contribution < 1.29 is 76.0 Å². The van der Waals surface area contributed by atoms with Crippen molar-refractivity contribution >= 4 is 73.1 Å². The number of benzene rings is 3. The van der Waals surface area contributed by atoms with Crippen LogP contribution in [0.1, 0.15) is 105 Å². The molecule has 1 fully saturated rings. The number of aliphatic hydroxyl groups excluding tert-OH is 1. The smallest absolute Gasteiger partial charge is 0.478 e. The Morgan fingerprint density at radius 1 is 0.936 bits per heavy atom. The number of carbonyl (C=O) groups excluding carboxylic acids is 2. The zero-order valence-electron chi connectivity index (χ0n) is 44.1. The molecule has 5 aromatic rings. The van der Waals surface area contributed by atoms with Gasteiger partial charge in [0.05, 0.1) is 30.8 Å². The third-order valence-corrected chi connectivity index (χ3v) is 16.4. The zero-order chi connectivity index (χ0) is 56.7. The third-order valence-electron chi connectivity index (χ3n) is 14.2. The van der Waals surface area contributed by atoms with E-state index in [1.165, 1.54) is 40.7 Å². The quantitative estimate of drug-likeness (QED) is 0.0405. The lowest BCUT2D eigenvalue weighted by molar-refractivity contribution is -0.745. The second kappa shape index (κ2) is 20.3. The number of anilines is 2. The van der Waals surface area contributed by atoms with Crippen LogP contribution in [0.2, 0.25) is 0 Å². The highest BCUT2D eigenvalue weighted by Gasteiger charge is 2.51. The maximum atomic E-state index is 14.1. The number of hydrogen-bond acceptors (Lipinski definition) is 15. The van der Waals surface area contributed by atoms with Gasteiger partial charge < -0.3 is 60.4 Å². The van der Waals surface area contributed by atoms with Crippen LogP contribution in [0.3, 0.4) is 0 Å². The van der Waals surface area contributed by atoms with E-state index in [1.807, 2.05) is 38.1 Å². The number of phosphoric acid groups is 2. The molecule has 0 saturated carbocycles. The van der Waals surface area contributed by atoms with E-state index in [0.29, 0.717) is 40.9 Å². The molecule has 0 spiro atoms. The van der Waals surface area contributed by atoms with E-state index in [4.69, 9.17) is 34.3 Å². The Kier molecular flexibility index (Phi) is 14.5. The number of phosphoric ester groups is 1. The van der Waals surface area contributed by atoms with Gasteiger partial charge in [0.1, 0.15) is 30.3 Å². The van der Waals surface area contributed by atoms with Gasteiger partial charge in [-0.25, -0.2) is 27.9 Å². The number of likely N-dealkylation sites (N-methyl/N-ethyl adjacent to an activating group) is 2. The van der Waals surface area contributed by atoms with Crippen molar-refractivity contribution in [3.05, 3.63) is 115 Å². The second-order valence-electron chi connectivity index (χ2n) is 20.4. The Bertz CT molecular complexity index is 3730. The van der Waals surface area contributed by atoms with Gasteiger partial charge in [0.25, 0.3) is 17.4 Å². The lowest BCUT2D eigenvalue weighted by atomic mass is 9.83. The average molecular weight is 1120 g/mol. The topological polar surface area (TPSA) is 344 Å². The molecule has 2 amide bonds. The molecular weight excluding hydrogens is 1060 g/mol. The van der Waals surface area contributed by atoms with Gasteiger partial charge >= 0.3 is 33.4 Å². The normalized spacial score (nSPS) is 20.8. The van der Waals surface area contributed by atoms with Crippen LogP contribution >= 0.6 is 15.6 Å². The second-order valence-corrected chi connectivity index (χ2v) is 23.3. The fourth-order valence-electron chi connectivity index (χ4n) is 11.2. The standard InChI is InChI=1S/C51H59N9O16P2/c1-10-59-34-19-36-32(17-29(34)25(3)21-50(59,5)6)39(33-18-30-26(4)22-51(7,8)60(11-2)35(30)20-37(33)73-36)31-16-27(12-13-28(31)47(64)65)44(62)53-14-15-54-49(66)75-42-41(61)38(23-72-78(70,71)76-77(67,68)69)74-46(42)58-24-57(9)40-43(58)55-48(52)56-45(40)63/h12-13,16-22,24,38,41-42,46,61H,10-11,14-15,23H2,1-9H3,(H7-2,52,53,54,55,56,62,63,64,65,66,67,68,69,70,71)/p+2/t38-,41-,42-,46-/m1/s1. The first-order valence-electron chi connectivity index (χ1n) is 24.8. The van der Waals surface area contributed by atoms with E-state index < -0.39 is 70.3 Å². The zero-order valence-corrected chi connectivity index (χ0v) is 45.8. The molecule has 3 aromatic carbocycles. The Balaban J connectivity index is 1.01. The highest BCUT2D eigenvalue weighted by Crippen LogP contribution is 2.58. The SMILES string of the molecule is CCN1c2cc3c(cc2C(C)=CC1(C)C)C(c1cc(C(=O)NCCNC(=O)O[C@@H]2[C@H](O)[C@@H](COP(=O)(O)OP(=O)(O)O)O[C@H]2[n+]2cn(C)c4c(=O)[nH]c(N)nc42)ccc1C(=O)O)=c1cc2c(cc1O3)=[N+](CC)C(C)(C)C=C2C. The molecule has 5 atom stereocenters. The van der Waals surface area contributed by atoms with Crippen molar-refractivity contribution in [2.75, 3.05) is 43.4 Å². The number of aromatic amines is 1. The van der Waals surface area contributed by atoms with Crippen LogP contribution < -0.4 is 51.3 Å². The average Bonchev–Trinajstić information content (AvgIpc) is 3.83. The molecule has 4 aliphatic rings. The van der Waals surface area contributed by atoms with Gasteiger partial charge in [-0.1, -0.05) is 11.1 Å². The summed E-state index contributed by atoms with van der Waals surface area (Å²) in [7, 11) is -9.47. The Hall–Kier alpha value is -7.05. The number of allylic oxidation sites excluding steroid dienone is 2. The number of fused-ring (bicyclic) bond motifs is 5. The molecular formula is C51H61N9O16P2+2. The first-order valence-corrected chi connectivity index (χ1v) is 27.9. The van der Waals surface area contributed by atoms with Gasteiger partial charge in [-0.15, -0.1) is 0 Å². The summed E-state index contributed by atoms with van der Waals surface area (Å²) in [4.78, 5) is 90.4. The minimum atomic E-state index is -5.52. The summed E-state index contributed by atoms with van der Waals surface area (Å²) in [6, 6.07) is 12.4. The number of aromatic carboxylic acids is 1. The number of alkyl carbamates (subject to hydrolysis) is 1. The maximum Gasteiger partial charge on any atom is 0.481 e. The molecule has 25 nitrogen and oxygen atoms in total. The van der Waals surface area contributed by atoms with Gasteiger partial charge in [0, 0.05) is 78.3 Å². The van der Waals surface area contributed by atoms with Crippen molar-refractivity contribution in [3.63, 3.8) is 0 Å². The molecule has 0 radical (unpaired) electrons. The first-order chi connectivity index (χ1) is 36.5. The molecule has 0 aliphatic carbocycles. The summed E-state index contributed by atoms with van der Waals surface area (Å²) >= 11 is 0. The predicted molar refractivity (Wildman–Crippen MR) is 283 cm³/mol. The minimum absolute atomic E-state index is 0.0149. The molecule has 1 saturated heterocycles. The summed E-state index contributed by atoms with van der Waals surface area (Å²) < 4.78 is 55.3. The number of carboxylic acids is 1. The number of amides is 2. The summed E-state index contributed by atoms with van der Waals surface area (Å²) in [6.07, 6.45) is -2.12. The molecule has 414 valence electrons. The minimum Gasteiger partial charge on any atom is -0.478 e. The fourth-order valence-corrected chi connectivity index (χ4v) is 12.8. The van der Waals surface area contributed by atoms with Crippen LogP contribution in [0.25, 0.3) is 27.9 Å². The number of nitrogen functional groups attached to an aromatic ring is 1. The first kappa shape index (κ1) is 55.7. The maximum absolute atomic E-state index is 14.1. The summed E-state index contributed by atoms with van der Waals surface area (Å²) in [5.74, 6) is -1.12. The number of ether oxygens (including phenoxy) is 3. The van der Waals surface area contributed by atoms with E-state index in [0.717, 1.165) is 33.3 Å². The van der Waals surface area contributed by atoms with Crippen LogP contribution in [0.5, 0.6) is 11.5 Å². The van der Waals surface area contributed by atoms with E-state index in [-0.39, 0.29) is 58.0 Å². The molecule has 10 N–H and O–H groups in total. The van der Waals surface area contributed by atoms with Gasteiger partial charge in [-0.3, -0.25) is 23.7 Å². The number of imidazole rings is 1. The molecule has 6 heterocycles. The van der Waals surface area contributed by atoms with E-state index >= 15 is 0 Å². The van der Waals surface area contributed by atoms with Crippen molar-refractivity contribution in [3.8, 4) is 11.5 Å². The van der Waals surface area contributed by atoms with Crippen molar-refractivity contribution in [2.45, 2.75) is 91.0 Å². The van der Waals surface area contributed by atoms with Gasteiger partial charge in [0.2, 0.25) is 17.1 Å². The molecule has 4 aliphatic heterocycles. The molecule has 2 aromatic heterocycles. The molecule has 1 unspecified atom stereocenters. The Morgan fingerprint density at radius 3 is 2.32 bits per heavy atom. The summed E-state index contributed by atoms with van der Waals surface area (Å²) in [5, 5.41) is 29.0. The number of carboxylic acid groups (broad SMARTS) is 1. The number of aromatic nitrogens is 4. The summed E-state index contributed by atoms with van der Waals surface area (Å²) in [5.41, 5.74) is 10.8. The van der Waals surface area contributed by atoms with Crippen LogP contribution in [0, 0.1) is 0 Å². The number of aryl methyl sites for hydroxylation is 1. The predicted octanol–water partition coefficient (Wildman–Crippen LogP) is 2.92. The highest BCUT2D eigenvalue weighted by atomic mass is 31.3. The van der Waals surface area contributed by atoms with Gasteiger partial charge in [0.15, 0.2) is 18.0 Å². The summed E-state index contributed by atoms with van der Waals surface area (Å²) in [6.45, 7) is 16.8. The van der Waals surface area contributed by atoms with Crippen molar-refractivity contribution in [2.24, 2.45) is 7.05 Å². The van der Waals surface area contributed by atoms with Crippen molar-refractivity contribution in [1.29, 1.82) is 0 Å². The molecule has 78 heavy (non-hydrogen) atoms.